The summed E-state index contributed by atoms with van der Waals surface area (Å²) in [5.74, 6) is 0. The van der Waals surface area contributed by atoms with Crippen LogP contribution in [0.25, 0.3) is 38.4 Å². The van der Waals surface area contributed by atoms with Crippen molar-refractivity contribution in [2.75, 3.05) is 0 Å². The number of hydrogen-bond acceptors (Lipinski definition) is 2. The zero-order chi connectivity index (χ0) is 13.8. The fourth-order valence-corrected chi connectivity index (χ4v) is 3.08. The number of fused-ring (bicyclic) bond motifs is 8. The molecule has 2 radical (unpaired) electrons. The molecule has 5 rings (SSSR count). The van der Waals surface area contributed by atoms with E-state index in [4.69, 9.17) is 4.98 Å². The number of rotatable bonds is 0. The van der Waals surface area contributed by atoms with Crippen LogP contribution in [0.3, 0.4) is 0 Å². The molecule has 3 aromatic heterocycles. The summed E-state index contributed by atoms with van der Waals surface area (Å²) in [5.41, 5.74) is 4.07. The molecule has 3 nitrogen and oxygen atoms in total. The van der Waals surface area contributed by atoms with E-state index in [1.165, 1.54) is 10.8 Å². The van der Waals surface area contributed by atoms with Gasteiger partial charge in [0.1, 0.15) is 0 Å². The predicted octanol–water partition coefficient (Wildman–Crippen LogP) is 4.43. The Morgan fingerprint density at radius 3 is 2.58 bits per heavy atom. The third-order valence-corrected chi connectivity index (χ3v) is 3.97. The molecule has 0 saturated heterocycles. The Labute approximate surface area is 178 Å². The molecule has 5 heteroatoms. The quantitative estimate of drug-likeness (QED) is 0.206. The van der Waals surface area contributed by atoms with E-state index in [1.807, 2.05) is 24.4 Å². The third kappa shape index (κ3) is 2.62. The average Bonchev–Trinajstić information content (AvgIpc) is 2.95. The molecule has 118 valence electrons. The van der Waals surface area contributed by atoms with E-state index in [-0.39, 0.29) is 60.2 Å². The van der Waals surface area contributed by atoms with Crippen LogP contribution in [-0.2, 0) is 52.8 Å². The molecule has 0 spiro atoms. The molecule has 0 amide bonds. The van der Waals surface area contributed by atoms with E-state index >= 15 is 0 Å². The van der Waals surface area contributed by atoms with Crippen molar-refractivity contribution < 1.29 is 52.8 Å². The van der Waals surface area contributed by atoms with Crippen LogP contribution in [-0.4, -0.2) is 14.4 Å². The first kappa shape index (κ1) is 19.1. The second-order valence-electron chi connectivity index (χ2n) is 5.11. The van der Waals surface area contributed by atoms with E-state index in [0.717, 1.165) is 27.6 Å². The Balaban J connectivity index is 0.000000694. The van der Waals surface area contributed by atoms with Crippen LogP contribution >= 0.6 is 0 Å². The molecule has 0 aliphatic rings. The van der Waals surface area contributed by atoms with E-state index in [2.05, 4.69) is 45.8 Å². The van der Waals surface area contributed by atoms with Crippen LogP contribution in [0.1, 0.15) is 0 Å². The molecule has 3 heterocycles. The molecule has 24 heavy (non-hydrogen) atoms. The smallest absolute Gasteiger partial charge is 0.0821 e. The maximum atomic E-state index is 4.79. The molecule has 2 aromatic carbocycles. The number of nitrogens with zero attached hydrogens (tertiary/aromatic N) is 3. The molecule has 0 atom stereocenters. The maximum absolute atomic E-state index is 4.79. The summed E-state index contributed by atoms with van der Waals surface area (Å²) in [7, 11) is 0. The van der Waals surface area contributed by atoms with Gasteiger partial charge in [-0.25, -0.2) is 0 Å². The standard InChI is InChI=1S/C18H10N3.CH3.Ir.Y/c1-2-7-14-12(5-1)13-6-3-4-8-16(13)21-17-11-19-10-9-15(17)20-18(14)21;;;/h1-6,8-11H;1H3;;/q2*-1;;. The second-order valence-corrected chi connectivity index (χ2v) is 5.11. The van der Waals surface area contributed by atoms with Crippen molar-refractivity contribution in [3.05, 3.63) is 74.4 Å². The van der Waals surface area contributed by atoms with Crippen molar-refractivity contribution in [3.63, 3.8) is 0 Å². The molecule has 0 bridgehead atoms. The first-order valence-corrected chi connectivity index (χ1v) is 6.87. The zero-order valence-corrected chi connectivity index (χ0v) is 18.3. The Morgan fingerprint density at radius 1 is 0.917 bits per heavy atom. The van der Waals surface area contributed by atoms with Gasteiger partial charge in [0.25, 0.3) is 0 Å². The summed E-state index contributed by atoms with van der Waals surface area (Å²) in [6, 6.07) is 19.8. The van der Waals surface area contributed by atoms with Crippen molar-refractivity contribution in [2.24, 2.45) is 0 Å². The minimum atomic E-state index is 0. The number of aromatic nitrogens is 3. The van der Waals surface area contributed by atoms with Crippen molar-refractivity contribution in [3.8, 4) is 0 Å². The van der Waals surface area contributed by atoms with Gasteiger partial charge in [0.05, 0.1) is 22.9 Å². The first-order chi connectivity index (χ1) is 10.4. The van der Waals surface area contributed by atoms with Gasteiger partial charge in [-0.15, -0.1) is 29.7 Å². The van der Waals surface area contributed by atoms with E-state index in [0.29, 0.717) is 0 Å². The monoisotopic (exact) mass is 565 g/mol. The fraction of sp³-hybridized carbons (Fsp3) is 0. The topological polar surface area (TPSA) is 30.2 Å². The van der Waals surface area contributed by atoms with Gasteiger partial charge in [0.15, 0.2) is 0 Å². The molecular formula is C19H13IrN3Y-2. The molecule has 0 N–H and O–H groups in total. The summed E-state index contributed by atoms with van der Waals surface area (Å²) in [5, 5.41) is 3.44. The Morgan fingerprint density at radius 2 is 1.71 bits per heavy atom. The van der Waals surface area contributed by atoms with Gasteiger partial charge >= 0.3 is 0 Å². The molecule has 0 aliphatic carbocycles. The van der Waals surface area contributed by atoms with Crippen molar-refractivity contribution >= 4 is 38.4 Å². The van der Waals surface area contributed by atoms with Gasteiger partial charge in [-0.1, -0.05) is 23.6 Å². The number of hydrogen-bond donors (Lipinski definition) is 0. The summed E-state index contributed by atoms with van der Waals surface area (Å²) < 4.78 is 2.18. The van der Waals surface area contributed by atoms with E-state index in [1.54, 1.807) is 6.20 Å². The average molecular weight is 564 g/mol. The molecular weight excluding hydrogens is 551 g/mol. The molecule has 0 unspecified atom stereocenters. The SMILES string of the molecule is [CH3-].[Ir].[Y].[c-]1cccc2c1c1nc3ccncc3n1c1ccccc21. The number of para-hydroxylation sites is 1. The van der Waals surface area contributed by atoms with Gasteiger partial charge in [-0.2, -0.15) is 0 Å². The minimum Gasteiger partial charge on any atom is -0.358 e. The van der Waals surface area contributed by atoms with Crippen LogP contribution in [0.2, 0.25) is 0 Å². The normalized spacial score (nSPS) is 10.3. The van der Waals surface area contributed by atoms with Crippen LogP contribution in [0.5, 0.6) is 0 Å². The first-order valence-electron chi connectivity index (χ1n) is 6.87. The largest absolute Gasteiger partial charge is 0.358 e. The van der Waals surface area contributed by atoms with Gasteiger partial charge < -0.3 is 11.8 Å². The van der Waals surface area contributed by atoms with Crippen molar-refractivity contribution in [1.82, 2.24) is 14.4 Å². The molecule has 0 saturated carbocycles. The van der Waals surface area contributed by atoms with Gasteiger partial charge in [0, 0.05) is 64.5 Å². The van der Waals surface area contributed by atoms with Crippen LogP contribution in [0, 0.1) is 13.5 Å². The van der Waals surface area contributed by atoms with Crippen molar-refractivity contribution in [2.45, 2.75) is 0 Å². The Hall–Kier alpha value is -1.19. The zero-order valence-electron chi connectivity index (χ0n) is 13.0. The summed E-state index contributed by atoms with van der Waals surface area (Å²) >= 11 is 0. The maximum Gasteiger partial charge on any atom is 0.0821 e. The number of pyridine rings is 2. The van der Waals surface area contributed by atoms with Gasteiger partial charge in [0.2, 0.25) is 0 Å². The van der Waals surface area contributed by atoms with Crippen molar-refractivity contribution in [1.29, 1.82) is 0 Å². The Kier molecular flexibility index (Phi) is 5.88. The summed E-state index contributed by atoms with van der Waals surface area (Å²) in [6.07, 6.45) is 3.65. The number of benzene rings is 2. The molecule has 0 fully saturated rings. The van der Waals surface area contributed by atoms with Crippen LogP contribution < -0.4 is 0 Å². The van der Waals surface area contributed by atoms with Gasteiger partial charge in [-0.3, -0.25) is 9.97 Å². The second kappa shape index (κ2) is 7.37. The van der Waals surface area contributed by atoms with Crippen LogP contribution in [0.4, 0.5) is 0 Å². The molecule has 0 aliphatic heterocycles. The van der Waals surface area contributed by atoms with Gasteiger partial charge in [-0.05, 0) is 17.5 Å². The van der Waals surface area contributed by atoms with Crippen LogP contribution in [0.15, 0.2) is 60.9 Å². The summed E-state index contributed by atoms with van der Waals surface area (Å²) in [6.45, 7) is 0. The molecule has 5 aromatic rings. The van der Waals surface area contributed by atoms with E-state index in [9.17, 15) is 0 Å². The fourth-order valence-electron chi connectivity index (χ4n) is 3.08. The summed E-state index contributed by atoms with van der Waals surface area (Å²) in [4.78, 5) is 9.04. The number of imidazole rings is 1. The Bertz CT molecular complexity index is 1150. The van der Waals surface area contributed by atoms with E-state index < -0.39 is 0 Å². The predicted molar refractivity (Wildman–Crippen MR) is 90.8 cm³/mol. The third-order valence-electron chi connectivity index (χ3n) is 3.97. The minimum absolute atomic E-state index is 0.